The van der Waals surface area contributed by atoms with Gasteiger partial charge < -0.3 is 4.74 Å². The van der Waals surface area contributed by atoms with Crippen LogP contribution in [0.25, 0.3) is 0 Å². The normalized spacial score (nSPS) is 36.7. The number of hydrogen-bond acceptors (Lipinski definition) is 2. The Hall–Kier alpha value is -0.340. The molecule has 0 aromatic rings. The highest BCUT2D eigenvalue weighted by molar-refractivity contribution is 6.43. The maximum atomic E-state index is 11.1. The van der Waals surface area contributed by atoms with Crippen LogP contribution >= 0.6 is 11.6 Å². The van der Waals surface area contributed by atoms with Gasteiger partial charge >= 0.3 is 0 Å². The summed E-state index contributed by atoms with van der Waals surface area (Å²) in [6.45, 7) is 2.54. The third-order valence-electron chi connectivity index (χ3n) is 2.45. The molecule has 2 atom stereocenters. The fourth-order valence-electron chi connectivity index (χ4n) is 1.71. The average molecular weight is 173 g/mol. The molecule has 0 bridgehead atoms. The molecule has 1 heterocycles. The lowest BCUT2D eigenvalue weighted by atomic mass is 10.00. The summed E-state index contributed by atoms with van der Waals surface area (Å²) >= 11 is 5.78. The number of carbonyl (C=O) groups is 1. The van der Waals surface area contributed by atoms with E-state index in [9.17, 15) is 4.79 Å². The maximum absolute atomic E-state index is 11.1. The van der Waals surface area contributed by atoms with Crippen molar-refractivity contribution in [3.05, 3.63) is 10.6 Å². The van der Waals surface area contributed by atoms with Gasteiger partial charge in [-0.25, -0.2) is 0 Å². The van der Waals surface area contributed by atoms with Gasteiger partial charge in [0, 0.05) is 12.3 Å². The first-order valence-corrected chi connectivity index (χ1v) is 4.11. The van der Waals surface area contributed by atoms with Gasteiger partial charge in [0.15, 0.2) is 5.78 Å². The van der Waals surface area contributed by atoms with E-state index in [2.05, 4.69) is 0 Å². The van der Waals surface area contributed by atoms with Gasteiger partial charge in [0.25, 0.3) is 0 Å². The third-order valence-corrected chi connectivity index (χ3v) is 2.90. The molecule has 0 radical (unpaired) electrons. The smallest absolute Gasteiger partial charge is 0.174 e. The minimum atomic E-state index is 0.0850. The number of ether oxygens (including phenoxy) is 1. The Morgan fingerprint density at radius 1 is 1.64 bits per heavy atom. The molecule has 0 N–H and O–H groups in total. The molecule has 0 aromatic carbocycles. The third kappa shape index (κ3) is 0.932. The summed E-state index contributed by atoms with van der Waals surface area (Å²) in [5, 5.41) is 0.430. The van der Waals surface area contributed by atoms with E-state index < -0.39 is 0 Å². The Bertz CT molecular complexity index is 244. The van der Waals surface area contributed by atoms with E-state index in [0.717, 1.165) is 5.57 Å². The van der Waals surface area contributed by atoms with Crippen LogP contribution in [-0.4, -0.2) is 18.5 Å². The highest BCUT2D eigenvalue weighted by Crippen LogP contribution is 2.39. The molecule has 11 heavy (non-hydrogen) atoms. The van der Waals surface area contributed by atoms with Crippen molar-refractivity contribution in [2.24, 2.45) is 5.92 Å². The number of rotatable bonds is 0. The summed E-state index contributed by atoms with van der Waals surface area (Å²) in [7, 11) is 0. The van der Waals surface area contributed by atoms with Crippen LogP contribution in [0.4, 0.5) is 0 Å². The molecular formula is C8H9ClO2. The van der Waals surface area contributed by atoms with Crippen molar-refractivity contribution in [2.75, 3.05) is 6.61 Å². The number of allylic oxidation sites excluding steroid dienone is 1. The summed E-state index contributed by atoms with van der Waals surface area (Å²) in [5.41, 5.74) is 1.02. The summed E-state index contributed by atoms with van der Waals surface area (Å²) in [6, 6.07) is 0. The average Bonchev–Trinajstić information content (AvgIpc) is 2.43. The van der Waals surface area contributed by atoms with Gasteiger partial charge in [-0.3, -0.25) is 4.79 Å². The summed E-state index contributed by atoms with van der Waals surface area (Å²) in [5.74, 6) is 0.358. The van der Waals surface area contributed by atoms with Crippen LogP contribution in [0, 0.1) is 5.92 Å². The molecule has 3 heteroatoms. The van der Waals surface area contributed by atoms with Gasteiger partial charge in [0.1, 0.15) is 0 Å². The van der Waals surface area contributed by atoms with E-state index in [4.69, 9.17) is 16.3 Å². The van der Waals surface area contributed by atoms with Crippen LogP contribution in [0.3, 0.4) is 0 Å². The standard InChI is InChI=1S/C8H9ClO2/c1-4-5-2-7(10)8(9)6(5)3-11-4/h4-5H,2-3H2,1H3/t4-,5-/m1/s1. The lowest BCUT2D eigenvalue weighted by Crippen LogP contribution is -2.11. The van der Waals surface area contributed by atoms with E-state index in [-0.39, 0.29) is 17.8 Å². The molecule has 1 aliphatic carbocycles. The molecule has 0 saturated carbocycles. The molecule has 60 valence electrons. The van der Waals surface area contributed by atoms with Crippen molar-refractivity contribution in [3.8, 4) is 0 Å². The lowest BCUT2D eigenvalue weighted by Gasteiger charge is -2.07. The van der Waals surface area contributed by atoms with E-state index in [1.54, 1.807) is 0 Å². The zero-order chi connectivity index (χ0) is 8.01. The number of ketones is 1. The SMILES string of the molecule is C[C@H]1OCC2=C(Cl)C(=O)C[C@@H]21. The van der Waals surface area contributed by atoms with Crippen molar-refractivity contribution in [1.82, 2.24) is 0 Å². The predicted octanol–water partition coefficient (Wildman–Crippen LogP) is 1.49. The van der Waals surface area contributed by atoms with Gasteiger partial charge in [-0.2, -0.15) is 0 Å². The highest BCUT2D eigenvalue weighted by Gasteiger charge is 2.39. The number of Topliss-reactive ketones (excluding diaryl/α,β-unsaturated/α-hetero) is 1. The second-order valence-corrected chi connectivity index (χ2v) is 3.47. The molecule has 2 rings (SSSR count). The topological polar surface area (TPSA) is 26.3 Å². The van der Waals surface area contributed by atoms with Crippen LogP contribution in [0.1, 0.15) is 13.3 Å². The summed E-state index contributed by atoms with van der Waals surface area (Å²) < 4.78 is 5.34. The number of carbonyl (C=O) groups excluding carboxylic acids is 1. The molecular weight excluding hydrogens is 164 g/mol. The Morgan fingerprint density at radius 2 is 2.36 bits per heavy atom. The predicted molar refractivity (Wildman–Crippen MR) is 41.4 cm³/mol. The van der Waals surface area contributed by atoms with Crippen LogP contribution in [0.15, 0.2) is 10.6 Å². The second-order valence-electron chi connectivity index (χ2n) is 3.09. The summed E-state index contributed by atoms with van der Waals surface area (Å²) in [6.07, 6.45) is 0.722. The van der Waals surface area contributed by atoms with E-state index in [1.165, 1.54) is 0 Å². The fourth-order valence-corrected chi connectivity index (χ4v) is 1.98. The first-order chi connectivity index (χ1) is 5.20. The lowest BCUT2D eigenvalue weighted by molar-refractivity contribution is -0.115. The Labute approximate surface area is 70.2 Å². The Balaban J connectivity index is 2.36. The molecule has 0 unspecified atom stereocenters. The van der Waals surface area contributed by atoms with Crippen LogP contribution in [0.2, 0.25) is 0 Å². The second kappa shape index (κ2) is 2.32. The van der Waals surface area contributed by atoms with Gasteiger partial charge in [-0.15, -0.1) is 0 Å². The monoisotopic (exact) mass is 172 g/mol. The molecule has 2 aliphatic rings. The van der Waals surface area contributed by atoms with Crippen LogP contribution < -0.4 is 0 Å². The Kier molecular flexibility index (Phi) is 1.55. The van der Waals surface area contributed by atoms with Crippen LogP contribution in [0.5, 0.6) is 0 Å². The van der Waals surface area contributed by atoms with Crippen molar-refractivity contribution < 1.29 is 9.53 Å². The van der Waals surface area contributed by atoms with E-state index in [1.807, 2.05) is 6.92 Å². The zero-order valence-electron chi connectivity index (χ0n) is 6.26. The number of halogens is 1. The molecule has 0 amide bonds. The van der Waals surface area contributed by atoms with Crippen molar-refractivity contribution >= 4 is 17.4 Å². The number of hydrogen-bond donors (Lipinski definition) is 0. The summed E-state index contributed by atoms with van der Waals surface area (Å²) in [4.78, 5) is 11.1. The largest absolute Gasteiger partial charge is 0.373 e. The number of fused-ring (bicyclic) bond motifs is 1. The van der Waals surface area contributed by atoms with Gasteiger partial charge in [-0.1, -0.05) is 11.6 Å². The van der Waals surface area contributed by atoms with Crippen molar-refractivity contribution in [2.45, 2.75) is 19.4 Å². The van der Waals surface area contributed by atoms with Gasteiger partial charge in [-0.05, 0) is 12.5 Å². The molecule has 2 nitrogen and oxygen atoms in total. The highest BCUT2D eigenvalue weighted by atomic mass is 35.5. The first kappa shape index (κ1) is 7.32. The zero-order valence-corrected chi connectivity index (χ0v) is 7.02. The van der Waals surface area contributed by atoms with Crippen molar-refractivity contribution in [1.29, 1.82) is 0 Å². The molecule has 1 saturated heterocycles. The van der Waals surface area contributed by atoms with Gasteiger partial charge in [0.05, 0.1) is 17.7 Å². The van der Waals surface area contributed by atoms with Crippen LogP contribution in [-0.2, 0) is 9.53 Å². The maximum Gasteiger partial charge on any atom is 0.174 e. The minimum Gasteiger partial charge on any atom is -0.373 e. The van der Waals surface area contributed by atoms with E-state index in [0.29, 0.717) is 18.1 Å². The Morgan fingerprint density at radius 3 is 3.00 bits per heavy atom. The fraction of sp³-hybridized carbons (Fsp3) is 0.625. The quantitative estimate of drug-likeness (QED) is 0.554. The molecule has 1 aliphatic heterocycles. The van der Waals surface area contributed by atoms with E-state index >= 15 is 0 Å². The molecule has 1 fully saturated rings. The molecule has 0 aromatic heterocycles. The van der Waals surface area contributed by atoms with Crippen molar-refractivity contribution in [3.63, 3.8) is 0 Å². The first-order valence-electron chi connectivity index (χ1n) is 3.73. The molecule has 0 spiro atoms. The minimum absolute atomic E-state index is 0.0850. The van der Waals surface area contributed by atoms with Gasteiger partial charge in [0.2, 0.25) is 0 Å².